The number of fused-ring (bicyclic) bond motifs is 7. The molecule has 1 aromatic carbocycles. The van der Waals surface area contributed by atoms with Gasteiger partial charge in [0.2, 0.25) is 5.91 Å². The standard InChI is InChI=1S/C38H58N2O3/c1-25(36(41)40-20-18-39-19-21-40)10-13-33-26(2)35-34(43-33)23-32-30-12-11-28-22-29(42-24-27-8-6-5-7-9-27)14-16-37(28,3)31(30)15-17-38(32,35)4/h5-9,25-26,28-35,39H,10-24H2,1-4H3/t25-,26+,28+,29-,30+,31-,32-,33+,34-,35-,37-,38-/m0/s1. The van der Waals surface area contributed by atoms with Crippen LogP contribution in [0.4, 0.5) is 0 Å². The van der Waals surface area contributed by atoms with Crippen molar-refractivity contribution in [3.63, 3.8) is 0 Å². The fraction of sp³-hybridized carbons (Fsp3) is 0.816. The first-order valence-electron chi connectivity index (χ1n) is 18.1. The number of ether oxygens (including phenoxy) is 2. The van der Waals surface area contributed by atoms with Crippen LogP contribution >= 0.6 is 0 Å². The van der Waals surface area contributed by atoms with Gasteiger partial charge in [-0.3, -0.25) is 4.79 Å². The van der Waals surface area contributed by atoms with Gasteiger partial charge < -0.3 is 19.7 Å². The molecular weight excluding hydrogens is 532 g/mol. The number of piperazine rings is 1. The summed E-state index contributed by atoms with van der Waals surface area (Å²) in [6.45, 7) is 14.3. The third-order valence-electron chi connectivity index (χ3n) is 14.3. The molecule has 1 amide bonds. The van der Waals surface area contributed by atoms with E-state index in [0.717, 1.165) is 69.3 Å². The second kappa shape index (κ2) is 12.1. The second-order valence-corrected chi connectivity index (χ2v) is 16.3. The summed E-state index contributed by atoms with van der Waals surface area (Å²) in [6, 6.07) is 10.7. The lowest BCUT2D eigenvalue weighted by atomic mass is 9.44. The van der Waals surface area contributed by atoms with E-state index in [0.29, 0.717) is 46.9 Å². The fourth-order valence-electron chi connectivity index (χ4n) is 11.9. The van der Waals surface area contributed by atoms with Gasteiger partial charge in [-0.15, -0.1) is 0 Å². The van der Waals surface area contributed by atoms with E-state index in [1.807, 2.05) is 0 Å². The molecule has 2 aliphatic heterocycles. The van der Waals surface area contributed by atoms with Crippen molar-refractivity contribution in [3.8, 4) is 0 Å². The highest BCUT2D eigenvalue weighted by molar-refractivity contribution is 5.78. The van der Waals surface area contributed by atoms with Crippen molar-refractivity contribution in [2.45, 2.75) is 117 Å². The van der Waals surface area contributed by atoms with Gasteiger partial charge in [-0.1, -0.05) is 58.0 Å². The smallest absolute Gasteiger partial charge is 0.225 e. The van der Waals surface area contributed by atoms with Crippen molar-refractivity contribution >= 4 is 5.91 Å². The Bertz CT molecular complexity index is 1120. The largest absolute Gasteiger partial charge is 0.374 e. The molecule has 2 heterocycles. The monoisotopic (exact) mass is 590 g/mol. The van der Waals surface area contributed by atoms with Crippen molar-refractivity contribution in [2.24, 2.45) is 52.3 Å². The number of benzene rings is 1. The van der Waals surface area contributed by atoms with Crippen LogP contribution in [0.25, 0.3) is 0 Å². The fourth-order valence-corrected chi connectivity index (χ4v) is 11.9. The van der Waals surface area contributed by atoms with E-state index in [-0.39, 0.29) is 5.92 Å². The molecule has 5 heteroatoms. The molecule has 0 aromatic heterocycles. The van der Waals surface area contributed by atoms with Gasteiger partial charge in [0.05, 0.1) is 24.9 Å². The predicted octanol–water partition coefficient (Wildman–Crippen LogP) is 7.09. The van der Waals surface area contributed by atoms with Crippen molar-refractivity contribution < 1.29 is 14.3 Å². The zero-order valence-corrected chi connectivity index (χ0v) is 27.4. The van der Waals surface area contributed by atoms with Crippen molar-refractivity contribution in [3.05, 3.63) is 35.9 Å². The third kappa shape index (κ3) is 5.42. The Labute approximate surface area is 261 Å². The van der Waals surface area contributed by atoms with Gasteiger partial charge in [0, 0.05) is 32.1 Å². The first kappa shape index (κ1) is 30.2. The number of amides is 1. The minimum atomic E-state index is 0.0999. The molecule has 5 nitrogen and oxygen atoms in total. The number of hydrogen-bond donors (Lipinski definition) is 1. The molecule has 1 N–H and O–H groups in total. The van der Waals surface area contributed by atoms with E-state index in [2.05, 4.69) is 68.2 Å². The number of carbonyl (C=O) groups is 1. The molecule has 12 atom stereocenters. The van der Waals surface area contributed by atoms with Crippen LogP contribution in [0.3, 0.4) is 0 Å². The maximum Gasteiger partial charge on any atom is 0.225 e. The van der Waals surface area contributed by atoms with Crippen LogP contribution in [0.5, 0.6) is 0 Å². The van der Waals surface area contributed by atoms with Gasteiger partial charge in [-0.25, -0.2) is 0 Å². The summed E-state index contributed by atoms with van der Waals surface area (Å²) < 4.78 is 13.5. The normalized spacial score (nSPS) is 44.7. The molecule has 2 saturated heterocycles. The molecular formula is C38H58N2O3. The van der Waals surface area contributed by atoms with Gasteiger partial charge in [-0.2, -0.15) is 0 Å². The summed E-state index contributed by atoms with van der Waals surface area (Å²) in [6.07, 6.45) is 13.9. The second-order valence-electron chi connectivity index (χ2n) is 16.3. The van der Waals surface area contributed by atoms with Crippen LogP contribution < -0.4 is 5.32 Å². The zero-order chi connectivity index (χ0) is 29.8. The summed E-state index contributed by atoms with van der Waals surface area (Å²) in [5.41, 5.74) is 2.20. The van der Waals surface area contributed by atoms with Gasteiger partial charge in [0.15, 0.2) is 0 Å². The molecule has 238 valence electrons. The molecule has 1 aromatic rings. The lowest BCUT2D eigenvalue weighted by molar-refractivity contribution is -0.139. The quantitative estimate of drug-likeness (QED) is 0.368. The summed E-state index contributed by atoms with van der Waals surface area (Å²) in [4.78, 5) is 15.1. The summed E-state index contributed by atoms with van der Waals surface area (Å²) >= 11 is 0. The highest BCUT2D eigenvalue weighted by atomic mass is 16.5. The molecule has 6 aliphatic rings. The molecule has 43 heavy (non-hydrogen) atoms. The topological polar surface area (TPSA) is 50.8 Å². The van der Waals surface area contributed by atoms with E-state index in [1.165, 1.54) is 56.9 Å². The van der Waals surface area contributed by atoms with Crippen molar-refractivity contribution in [2.75, 3.05) is 26.2 Å². The van der Waals surface area contributed by atoms with Gasteiger partial charge >= 0.3 is 0 Å². The first-order valence-corrected chi connectivity index (χ1v) is 18.1. The molecule has 6 fully saturated rings. The van der Waals surface area contributed by atoms with E-state index >= 15 is 0 Å². The molecule has 0 unspecified atom stereocenters. The Balaban J connectivity index is 0.955. The Hall–Kier alpha value is -1.43. The molecule has 4 aliphatic carbocycles. The SMILES string of the molecule is C[C@H]1[C@H]2[C@H](C[C@H]3[C@@H]4CC[C@@H]5C[C@@H](OCc6ccccc6)CC[C@]5(C)[C@H]4CC[C@]23C)O[C@@H]1CC[C@H](C)C(=O)N1CCNCC1. The summed E-state index contributed by atoms with van der Waals surface area (Å²) in [5.74, 6) is 5.13. The number of hydrogen-bond acceptors (Lipinski definition) is 4. The van der Waals surface area contributed by atoms with E-state index in [4.69, 9.17) is 9.47 Å². The van der Waals surface area contributed by atoms with Crippen LogP contribution in [0.15, 0.2) is 30.3 Å². The predicted molar refractivity (Wildman–Crippen MR) is 171 cm³/mol. The number of carbonyl (C=O) groups excluding carboxylic acids is 1. The van der Waals surface area contributed by atoms with Crippen LogP contribution in [0.1, 0.15) is 97.5 Å². The molecule has 7 rings (SSSR count). The number of nitrogens with one attached hydrogen (secondary N) is 1. The Kier molecular flexibility index (Phi) is 8.48. The van der Waals surface area contributed by atoms with E-state index in [1.54, 1.807) is 0 Å². The molecule has 4 saturated carbocycles. The summed E-state index contributed by atoms with van der Waals surface area (Å²) in [7, 11) is 0. The average molecular weight is 591 g/mol. The number of nitrogens with zero attached hydrogens (tertiary/aromatic N) is 1. The summed E-state index contributed by atoms with van der Waals surface area (Å²) in [5, 5.41) is 3.37. The van der Waals surface area contributed by atoms with Crippen molar-refractivity contribution in [1.29, 1.82) is 0 Å². The van der Waals surface area contributed by atoms with Gasteiger partial charge in [0.1, 0.15) is 0 Å². The molecule has 0 radical (unpaired) electrons. The lowest BCUT2D eigenvalue weighted by Crippen LogP contribution is -2.54. The highest BCUT2D eigenvalue weighted by Crippen LogP contribution is 2.70. The maximum absolute atomic E-state index is 13.0. The minimum absolute atomic E-state index is 0.0999. The average Bonchev–Trinajstić information content (AvgIpc) is 3.51. The Morgan fingerprint density at radius 3 is 2.58 bits per heavy atom. The number of rotatable bonds is 7. The Morgan fingerprint density at radius 2 is 1.79 bits per heavy atom. The zero-order valence-electron chi connectivity index (χ0n) is 27.4. The van der Waals surface area contributed by atoms with Crippen LogP contribution in [0.2, 0.25) is 0 Å². The van der Waals surface area contributed by atoms with Crippen LogP contribution in [0, 0.1) is 52.3 Å². The van der Waals surface area contributed by atoms with E-state index < -0.39 is 0 Å². The van der Waals surface area contributed by atoms with Crippen molar-refractivity contribution in [1.82, 2.24) is 10.2 Å². The highest BCUT2D eigenvalue weighted by Gasteiger charge is 2.65. The van der Waals surface area contributed by atoms with Gasteiger partial charge in [-0.05, 0) is 116 Å². The molecule has 0 spiro atoms. The third-order valence-corrected chi connectivity index (χ3v) is 14.3. The minimum Gasteiger partial charge on any atom is -0.374 e. The lowest BCUT2D eigenvalue weighted by Gasteiger charge is -2.61. The van der Waals surface area contributed by atoms with Crippen LogP contribution in [-0.2, 0) is 20.9 Å². The van der Waals surface area contributed by atoms with Crippen LogP contribution in [-0.4, -0.2) is 55.3 Å². The van der Waals surface area contributed by atoms with Gasteiger partial charge in [0.25, 0.3) is 0 Å². The first-order chi connectivity index (χ1) is 20.8. The van der Waals surface area contributed by atoms with E-state index in [9.17, 15) is 4.79 Å². The molecule has 0 bridgehead atoms. The Morgan fingerprint density at radius 1 is 1.02 bits per heavy atom. The maximum atomic E-state index is 13.0.